The highest BCUT2D eigenvalue weighted by Gasteiger charge is 2.34. The maximum Gasteiger partial charge on any atom is 0.306 e. The minimum Gasteiger partial charge on any atom is -0.466 e. The van der Waals surface area contributed by atoms with Gasteiger partial charge in [-0.2, -0.15) is 0 Å². The SMILES string of the molecule is CCCCCCCCCCC(=O)[C@H]1CC[C@@H](C(=O)CCC(=O)OCC)O1. The van der Waals surface area contributed by atoms with Crippen molar-refractivity contribution in [2.24, 2.45) is 0 Å². The number of ether oxygens (including phenoxy) is 2. The number of esters is 1. The Morgan fingerprint density at radius 1 is 0.769 bits per heavy atom. The van der Waals surface area contributed by atoms with Crippen LogP contribution in [0.15, 0.2) is 0 Å². The molecule has 0 aliphatic carbocycles. The topological polar surface area (TPSA) is 69.7 Å². The molecule has 5 nitrogen and oxygen atoms in total. The molecule has 1 heterocycles. The van der Waals surface area contributed by atoms with Gasteiger partial charge in [0.15, 0.2) is 11.6 Å². The number of hydrogen-bond donors (Lipinski definition) is 0. The zero-order valence-corrected chi connectivity index (χ0v) is 16.6. The molecule has 1 saturated heterocycles. The molecular formula is C21H36O5. The van der Waals surface area contributed by atoms with Crippen molar-refractivity contribution in [2.75, 3.05) is 6.61 Å². The first kappa shape index (κ1) is 22.8. The lowest BCUT2D eigenvalue weighted by molar-refractivity contribution is -0.146. The molecule has 1 rings (SSSR count). The Hall–Kier alpha value is -1.23. The van der Waals surface area contributed by atoms with E-state index >= 15 is 0 Å². The predicted octanol–water partition coefficient (Wildman–Crippen LogP) is 4.55. The van der Waals surface area contributed by atoms with E-state index < -0.39 is 12.2 Å². The summed E-state index contributed by atoms with van der Waals surface area (Å²) in [4.78, 5) is 35.6. The highest BCUT2D eigenvalue weighted by Crippen LogP contribution is 2.24. The first-order valence-corrected chi connectivity index (χ1v) is 10.4. The van der Waals surface area contributed by atoms with Crippen LogP contribution >= 0.6 is 0 Å². The summed E-state index contributed by atoms with van der Waals surface area (Å²) in [6, 6.07) is 0. The van der Waals surface area contributed by atoms with Gasteiger partial charge >= 0.3 is 5.97 Å². The third-order valence-electron chi connectivity index (χ3n) is 4.90. The van der Waals surface area contributed by atoms with E-state index in [1.807, 2.05) is 0 Å². The highest BCUT2D eigenvalue weighted by molar-refractivity contribution is 5.88. The summed E-state index contributed by atoms with van der Waals surface area (Å²) in [6.07, 6.45) is 10.6. The first-order valence-electron chi connectivity index (χ1n) is 10.4. The van der Waals surface area contributed by atoms with E-state index in [0.29, 0.717) is 25.9 Å². The van der Waals surface area contributed by atoms with Crippen molar-refractivity contribution in [3.05, 3.63) is 0 Å². The van der Waals surface area contributed by atoms with Crippen molar-refractivity contribution >= 4 is 17.5 Å². The van der Waals surface area contributed by atoms with Crippen LogP contribution in [0.2, 0.25) is 0 Å². The van der Waals surface area contributed by atoms with Gasteiger partial charge in [-0.1, -0.05) is 51.9 Å². The van der Waals surface area contributed by atoms with Crippen LogP contribution in [-0.2, 0) is 23.9 Å². The summed E-state index contributed by atoms with van der Waals surface area (Å²) in [7, 11) is 0. The monoisotopic (exact) mass is 368 g/mol. The standard InChI is InChI=1S/C21H36O5/c1-3-5-6-7-8-9-10-11-12-17(22)19-14-15-20(26-19)18(23)13-16-21(24)25-4-2/h19-20H,3-16H2,1-2H3/t19-,20+/m1/s1. The molecule has 0 spiro atoms. The Kier molecular flexibility index (Phi) is 12.2. The molecule has 150 valence electrons. The van der Waals surface area contributed by atoms with Gasteiger partial charge in [-0.25, -0.2) is 0 Å². The lowest BCUT2D eigenvalue weighted by Gasteiger charge is -2.12. The molecule has 1 aliphatic rings. The van der Waals surface area contributed by atoms with E-state index in [-0.39, 0.29) is 30.4 Å². The first-order chi connectivity index (χ1) is 12.6. The molecule has 5 heteroatoms. The minimum absolute atomic E-state index is 0.0867. The van der Waals surface area contributed by atoms with Crippen LogP contribution in [-0.4, -0.2) is 36.4 Å². The van der Waals surface area contributed by atoms with Gasteiger partial charge in [0.2, 0.25) is 0 Å². The van der Waals surface area contributed by atoms with Crippen molar-refractivity contribution in [3.63, 3.8) is 0 Å². The summed E-state index contributed by atoms with van der Waals surface area (Å²) in [5.41, 5.74) is 0. The summed E-state index contributed by atoms with van der Waals surface area (Å²) in [5, 5.41) is 0. The Morgan fingerprint density at radius 2 is 1.31 bits per heavy atom. The Labute approximate surface area is 158 Å². The van der Waals surface area contributed by atoms with Crippen LogP contribution in [0.1, 0.15) is 97.3 Å². The molecule has 0 unspecified atom stereocenters. The summed E-state index contributed by atoms with van der Waals surface area (Å²) in [6.45, 7) is 4.28. The minimum atomic E-state index is -0.531. The van der Waals surface area contributed by atoms with E-state index in [4.69, 9.17) is 9.47 Å². The predicted molar refractivity (Wildman–Crippen MR) is 101 cm³/mol. The molecule has 0 aromatic heterocycles. The molecule has 0 aromatic carbocycles. The maximum absolute atomic E-state index is 12.2. The zero-order chi connectivity index (χ0) is 19.2. The van der Waals surface area contributed by atoms with Gasteiger partial charge in [0.05, 0.1) is 13.0 Å². The lowest BCUT2D eigenvalue weighted by atomic mass is 10.0. The van der Waals surface area contributed by atoms with Crippen molar-refractivity contribution in [2.45, 2.75) is 110 Å². The van der Waals surface area contributed by atoms with Crippen LogP contribution in [0.3, 0.4) is 0 Å². The van der Waals surface area contributed by atoms with E-state index in [1.165, 1.54) is 38.5 Å². The summed E-state index contributed by atoms with van der Waals surface area (Å²) in [5.74, 6) is -0.335. The number of ketones is 2. The molecule has 0 bridgehead atoms. The van der Waals surface area contributed by atoms with Crippen LogP contribution < -0.4 is 0 Å². The zero-order valence-electron chi connectivity index (χ0n) is 16.6. The highest BCUT2D eigenvalue weighted by atomic mass is 16.5. The molecule has 1 fully saturated rings. The van der Waals surface area contributed by atoms with Crippen molar-refractivity contribution < 1.29 is 23.9 Å². The smallest absolute Gasteiger partial charge is 0.306 e. The molecule has 0 aromatic rings. The second kappa shape index (κ2) is 13.9. The number of rotatable bonds is 15. The largest absolute Gasteiger partial charge is 0.466 e. The van der Waals surface area contributed by atoms with E-state index in [2.05, 4.69) is 6.92 Å². The fourth-order valence-corrected chi connectivity index (χ4v) is 3.32. The fraction of sp³-hybridized carbons (Fsp3) is 0.857. The average Bonchev–Trinajstić information content (AvgIpc) is 3.12. The molecule has 26 heavy (non-hydrogen) atoms. The van der Waals surface area contributed by atoms with Gasteiger partial charge in [-0.15, -0.1) is 0 Å². The number of Topliss-reactive ketones (excluding diaryl/α,β-unsaturated/α-hetero) is 2. The van der Waals surface area contributed by atoms with E-state index in [1.54, 1.807) is 6.92 Å². The summed E-state index contributed by atoms with van der Waals surface area (Å²) >= 11 is 0. The molecule has 0 amide bonds. The van der Waals surface area contributed by atoms with Gasteiger partial charge in [-0.05, 0) is 26.2 Å². The van der Waals surface area contributed by atoms with Crippen molar-refractivity contribution in [3.8, 4) is 0 Å². The fourth-order valence-electron chi connectivity index (χ4n) is 3.32. The van der Waals surface area contributed by atoms with Crippen LogP contribution in [0.5, 0.6) is 0 Å². The molecule has 0 N–H and O–H groups in total. The molecule has 2 atom stereocenters. The Morgan fingerprint density at radius 3 is 1.88 bits per heavy atom. The normalized spacial score (nSPS) is 19.5. The lowest BCUT2D eigenvalue weighted by Crippen LogP contribution is -2.26. The molecule has 1 aliphatic heterocycles. The summed E-state index contributed by atoms with van der Waals surface area (Å²) < 4.78 is 10.5. The number of carbonyl (C=O) groups excluding carboxylic acids is 3. The molecule has 0 radical (unpaired) electrons. The van der Waals surface area contributed by atoms with Crippen LogP contribution in [0.25, 0.3) is 0 Å². The second-order valence-corrected chi connectivity index (χ2v) is 7.15. The van der Waals surface area contributed by atoms with Crippen molar-refractivity contribution in [1.29, 1.82) is 0 Å². The maximum atomic E-state index is 12.2. The molecular weight excluding hydrogens is 332 g/mol. The number of unbranched alkanes of at least 4 members (excludes halogenated alkanes) is 7. The second-order valence-electron chi connectivity index (χ2n) is 7.15. The van der Waals surface area contributed by atoms with Gasteiger partial charge < -0.3 is 9.47 Å². The Bertz CT molecular complexity index is 432. The molecule has 0 saturated carbocycles. The van der Waals surface area contributed by atoms with Gasteiger partial charge in [-0.3, -0.25) is 14.4 Å². The quantitative estimate of drug-likeness (QED) is 0.313. The third-order valence-corrected chi connectivity index (χ3v) is 4.90. The average molecular weight is 369 g/mol. The number of hydrogen-bond acceptors (Lipinski definition) is 5. The number of carbonyl (C=O) groups is 3. The van der Waals surface area contributed by atoms with Gasteiger partial charge in [0.25, 0.3) is 0 Å². The van der Waals surface area contributed by atoms with Crippen molar-refractivity contribution in [1.82, 2.24) is 0 Å². The van der Waals surface area contributed by atoms with Gasteiger partial charge in [0.1, 0.15) is 12.2 Å². The third kappa shape index (κ3) is 9.46. The Balaban J connectivity index is 2.11. The van der Waals surface area contributed by atoms with Gasteiger partial charge in [0, 0.05) is 12.8 Å². The van der Waals surface area contributed by atoms with E-state index in [9.17, 15) is 14.4 Å². The van der Waals surface area contributed by atoms with Crippen LogP contribution in [0.4, 0.5) is 0 Å². The van der Waals surface area contributed by atoms with Crippen LogP contribution in [0, 0.1) is 0 Å². The van der Waals surface area contributed by atoms with E-state index in [0.717, 1.165) is 12.8 Å².